The van der Waals surface area contributed by atoms with E-state index in [1.165, 1.54) is 18.2 Å². The van der Waals surface area contributed by atoms with Crippen molar-refractivity contribution in [3.05, 3.63) is 33.8 Å². The van der Waals surface area contributed by atoms with Crippen molar-refractivity contribution in [2.75, 3.05) is 0 Å². The van der Waals surface area contributed by atoms with E-state index in [1.807, 2.05) is 13.8 Å². The van der Waals surface area contributed by atoms with Crippen LogP contribution in [0, 0.1) is 5.92 Å². The minimum absolute atomic E-state index is 0.162. The van der Waals surface area contributed by atoms with Gasteiger partial charge in [0.05, 0.1) is 10.0 Å². The third-order valence-electron chi connectivity index (χ3n) is 2.49. The van der Waals surface area contributed by atoms with E-state index in [4.69, 9.17) is 28.3 Å². The average Bonchev–Trinajstić information content (AvgIpc) is 2.31. The molecule has 0 saturated heterocycles. The number of carbonyl (C=O) groups excluding carboxylic acids is 1. The Kier molecular flexibility index (Phi) is 5.63. The van der Waals surface area contributed by atoms with Gasteiger partial charge < -0.3 is 10.4 Å². The second kappa shape index (κ2) is 6.78. The van der Waals surface area contributed by atoms with Gasteiger partial charge in [0.15, 0.2) is 0 Å². The monoisotopic (exact) mass is 303 g/mol. The quantitative estimate of drug-likeness (QED) is 0.877. The first-order chi connectivity index (χ1) is 8.81. The second-order valence-corrected chi connectivity index (χ2v) is 5.44. The van der Waals surface area contributed by atoms with Gasteiger partial charge in [-0.2, -0.15) is 0 Å². The van der Waals surface area contributed by atoms with Gasteiger partial charge in [-0.3, -0.25) is 4.79 Å². The third-order valence-corrected chi connectivity index (χ3v) is 3.23. The molecule has 0 aliphatic carbocycles. The van der Waals surface area contributed by atoms with Gasteiger partial charge in [-0.25, -0.2) is 4.79 Å². The molecule has 0 fully saturated rings. The van der Waals surface area contributed by atoms with Crippen molar-refractivity contribution in [1.29, 1.82) is 0 Å². The number of carbonyl (C=O) groups is 2. The van der Waals surface area contributed by atoms with Gasteiger partial charge in [-0.15, -0.1) is 0 Å². The molecule has 0 heterocycles. The normalized spacial score (nSPS) is 12.3. The van der Waals surface area contributed by atoms with Crippen molar-refractivity contribution in [3.8, 4) is 0 Å². The van der Waals surface area contributed by atoms with Gasteiger partial charge in [0.1, 0.15) is 6.04 Å². The van der Waals surface area contributed by atoms with Crippen LogP contribution in [0.3, 0.4) is 0 Å². The number of nitrogens with one attached hydrogen (secondary N) is 1. The molecule has 0 unspecified atom stereocenters. The lowest BCUT2D eigenvalue weighted by molar-refractivity contribution is -0.139. The summed E-state index contributed by atoms with van der Waals surface area (Å²) in [6, 6.07) is 3.49. The third kappa shape index (κ3) is 4.73. The molecule has 1 rings (SSSR count). The van der Waals surface area contributed by atoms with Gasteiger partial charge in [0, 0.05) is 5.56 Å². The lowest BCUT2D eigenvalue weighted by Gasteiger charge is -2.16. The smallest absolute Gasteiger partial charge is 0.326 e. The molecule has 0 aliphatic heterocycles. The predicted molar refractivity (Wildman–Crippen MR) is 74.8 cm³/mol. The summed E-state index contributed by atoms with van der Waals surface area (Å²) >= 11 is 11.6. The summed E-state index contributed by atoms with van der Waals surface area (Å²) < 4.78 is 0. The van der Waals surface area contributed by atoms with E-state index in [1.54, 1.807) is 0 Å². The molecule has 6 heteroatoms. The topological polar surface area (TPSA) is 66.4 Å². The van der Waals surface area contributed by atoms with Crippen LogP contribution < -0.4 is 5.32 Å². The lowest BCUT2D eigenvalue weighted by Crippen LogP contribution is -2.41. The summed E-state index contributed by atoms with van der Waals surface area (Å²) in [5.41, 5.74) is 0.282. The van der Waals surface area contributed by atoms with E-state index < -0.39 is 17.9 Å². The SMILES string of the molecule is CC(C)C[C@H](NC(=O)c1ccc(Cl)c(Cl)c1)C(=O)O. The maximum Gasteiger partial charge on any atom is 0.326 e. The van der Waals surface area contributed by atoms with Crippen LogP contribution in [0.15, 0.2) is 18.2 Å². The molecule has 1 aromatic carbocycles. The van der Waals surface area contributed by atoms with Crippen molar-refractivity contribution >= 4 is 35.1 Å². The zero-order valence-electron chi connectivity index (χ0n) is 10.6. The molecule has 2 N–H and O–H groups in total. The molecule has 0 radical (unpaired) electrons. The van der Waals surface area contributed by atoms with Crippen molar-refractivity contribution < 1.29 is 14.7 Å². The van der Waals surface area contributed by atoms with Crippen LogP contribution in [0.2, 0.25) is 10.0 Å². The summed E-state index contributed by atoms with van der Waals surface area (Å²) in [4.78, 5) is 23.0. The van der Waals surface area contributed by atoms with E-state index >= 15 is 0 Å². The number of carboxylic acids is 1. The van der Waals surface area contributed by atoms with Crippen LogP contribution in [0.1, 0.15) is 30.6 Å². The number of halogens is 2. The standard InChI is InChI=1S/C13H15Cl2NO3/c1-7(2)5-11(13(18)19)16-12(17)8-3-4-9(14)10(15)6-8/h3-4,6-7,11H,5H2,1-2H3,(H,16,17)(H,18,19)/t11-/m0/s1. The van der Waals surface area contributed by atoms with Crippen LogP contribution in [0.25, 0.3) is 0 Å². The van der Waals surface area contributed by atoms with Crippen LogP contribution in [-0.2, 0) is 4.79 Å². The highest BCUT2D eigenvalue weighted by atomic mass is 35.5. The number of amides is 1. The Morgan fingerprint density at radius 3 is 2.37 bits per heavy atom. The van der Waals surface area contributed by atoms with Crippen LogP contribution in [0.5, 0.6) is 0 Å². The molecule has 0 aliphatic rings. The minimum atomic E-state index is -1.05. The number of rotatable bonds is 5. The Bertz CT molecular complexity index is 489. The first-order valence-electron chi connectivity index (χ1n) is 5.80. The first kappa shape index (κ1) is 15.8. The predicted octanol–water partition coefficient (Wildman–Crippen LogP) is 3.22. The highest BCUT2D eigenvalue weighted by molar-refractivity contribution is 6.42. The van der Waals surface area contributed by atoms with Gasteiger partial charge in [-0.05, 0) is 30.5 Å². The number of hydrogen-bond acceptors (Lipinski definition) is 2. The Morgan fingerprint density at radius 1 is 1.26 bits per heavy atom. The van der Waals surface area contributed by atoms with Crippen molar-refractivity contribution in [1.82, 2.24) is 5.32 Å². The Hall–Kier alpha value is -1.26. The largest absolute Gasteiger partial charge is 0.480 e. The van der Waals surface area contributed by atoms with Gasteiger partial charge >= 0.3 is 5.97 Å². The maximum atomic E-state index is 11.9. The fourth-order valence-electron chi connectivity index (χ4n) is 1.57. The zero-order valence-corrected chi connectivity index (χ0v) is 12.1. The Labute approximate surface area is 121 Å². The fraction of sp³-hybridized carbons (Fsp3) is 0.385. The van der Waals surface area contributed by atoms with Crippen molar-refractivity contribution in [3.63, 3.8) is 0 Å². The molecule has 1 amide bonds. The highest BCUT2D eigenvalue weighted by Gasteiger charge is 2.21. The number of hydrogen-bond donors (Lipinski definition) is 2. The zero-order chi connectivity index (χ0) is 14.6. The summed E-state index contributed by atoms with van der Waals surface area (Å²) in [5.74, 6) is -1.37. The molecule has 0 spiro atoms. The molecular formula is C13H15Cl2NO3. The summed E-state index contributed by atoms with van der Waals surface area (Å²) in [5, 5.41) is 12.1. The molecule has 4 nitrogen and oxygen atoms in total. The van der Waals surface area contributed by atoms with Gasteiger partial charge in [0.2, 0.25) is 0 Å². The number of aliphatic carboxylic acids is 1. The molecule has 1 aromatic rings. The van der Waals surface area contributed by atoms with E-state index in [0.717, 1.165) is 0 Å². The molecule has 0 bridgehead atoms. The van der Waals surface area contributed by atoms with Gasteiger partial charge in [-0.1, -0.05) is 37.0 Å². The molecule has 0 saturated carbocycles. The van der Waals surface area contributed by atoms with Crippen LogP contribution in [-0.4, -0.2) is 23.0 Å². The Morgan fingerprint density at radius 2 is 1.89 bits per heavy atom. The van der Waals surface area contributed by atoms with Crippen LogP contribution >= 0.6 is 23.2 Å². The lowest BCUT2D eigenvalue weighted by atomic mass is 10.0. The maximum absolute atomic E-state index is 11.9. The van der Waals surface area contributed by atoms with Crippen molar-refractivity contribution in [2.24, 2.45) is 5.92 Å². The van der Waals surface area contributed by atoms with E-state index in [-0.39, 0.29) is 16.5 Å². The summed E-state index contributed by atoms with van der Waals surface area (Å²) in [7, 11) is 0. The van der Waals surface area contributed by atoms with Crippen LogP contribution in [0.4, 0.5) is 0 Å². The van der Waals surface area contributed by atoms with E-state index in [0.29, 0.717) is 11.4 Å². The number of carboxylic acid groups (broad SMARTS) is 1. The minimum Gasteiger partial charge on any atom is -0.480 e. The molecule has 0 aromatic heterocycles. The molecule has 104 valence electrons. The second-order valence-electron chi connectivity index (χ2n) is 4.62. The Balaban J connectivity index is 2.81. The van der Waals surface area contributed by atoms with E-state index in [2.05, 4.69) is 5.32 Å². The number of benzene rings is 1. The average molecular weight is 304 g/mol. The summed E-state index contributed by atoms with van der Waals surface area (Å²) in [6.07, 6.45) is 0.363. The molecular weight excluding hydrogens is 289 g/mol. The molecule has 19 heavy (non-hydrogen) atoms. The first-order valence-corrected chi connectivity index (χ1v) is 6.55. The highest BCUT2D eigenvalue weighted by Crippen LogP contribution is 2.22. The molecule has 1 atom stereocenters. The van der Waals surface area contributed by atoms with E-state index in [9.17, 15) is 9.59 Å². The van der Waals surface area contributed by atoms with Crippen molar-refractivity contribution in [2.45, 2.75) is 26.3 Å². The van der Waals surface area contributed by atoms with Gasteiger partial charge in [0.25, 0.3) is 5.91 Å². The fourth-order valence-corrected chi connectivity index (χ4v) is 1.87. The summed E-state index contributed by atoms with van der Waals surface area (Å²) in [6.45, 7) is 3.78.